The van der Waals surface area contributed by atoms with Crippen molar-refractivity contribution in [1.82, 2.24) is 10.2 Å². The topological polar surface area (TPSA) is 122 Å². The molecule has 1 aromatic rings. The van der Waals surface area contributed by atoms with E-state index >= 15 is 0 Å². The molecule has 1 aliphatic heterocycles. The van der Waals surface area contributed by atoms with E-state index in [0.717, 1.165) is 11.3 Å². The third-order valence-corrected chi connectivity index (χ3v) is 4.80. The summed E-state index contributed by atoms with van der Waals surface area (Å²) in [5, 5.41) is 5.13. The van der Waals surface area contributed by atoms with Gasteiger partial charge in [0.1, 0.15) is 12.1 Å². The van der Waals surface area contributed by atoms with E-state index in [1.165, 1.54) is 6.92 Å². The molecule has 1 aromatic carbocycles. The van der Waals surface area contributed by atoms with E-state index in [1.54, 1.807) is 31.2 Å². The second-order valence-electron chi connectivity index (χ2n) is 7.90. The third-order valence-electron chi connectivity index (χ3n) is 4.80. The summed E-state index contributed by atoms with van der Waals surface area (Å²) in [6, 6.07) is 5.78. The van der Waals surface area contributed by atoms with Gasteiger partial charge in [-0.3, -0.25) is 24.1 Å². The Morgan fingerprint density at radius 3 is 2.50 bits per heavy atom. The van der Waals surface area contributed by atoms with Gasteiger partial charge in [0.05, 0.1) is 5.69 Å². The van der Waals surface area contributed by atoms with Crippen LogP contribution in [0.25, 0.3) is 0 Å². The molecule has 4 amide bonds. The molecular weight excluding hydrogens is 390 g/mol. The molecule has 0 spiro atoms. The summed E-state index contributed by atoms with van der Waals surface area (Å²) in [4.78, 5) is 61.2. The molecule has 9 heteroatoms. The molecule has 0 aliphatic carbocycles. The van der Waals surface area contributed by atoms with Gasteiger partial charge >= 0.3 is 12.0 Å². The maximum atomic E-state index is 12.6. The van der Waals surface area contributed by atoms with E-state index in [0.29, 0.717) is 23.6 Å². The molecule has 9 nitrogen and oxygen atoms in total. The highest BCUT2D eigenvalue weighted by Gasteiger charge is 2.48. The van der Waals surface area contributed by atoms with Crippen LogP contribution in [0.2, 0.25) is 0 Å². The quantitative estimate of drug-likeness (QED) is 0.361. The van der Waals surface area contributed by atoms with Crippen LogP contribution in [0, 0.1) is 5.92 Å². The first-order valence-electron chi connectivity index (χ1n) is 9.73. The number of hydrogen-bond acceptors (Lipinski definition) is 6. The zero-order valence-electron chi connectivity index (χ0n) is 17.6. The molecule has 0 unspecified atom stereocenters. The van der Waals surface area contributed by atoms with Crippen molar-refractivity contribution in [3.8, 4) is 0 Å². The highest BCUT2D eigenvalue weighted by atomic mass is 16.5. The van der Waals surface area contributed by atoms with Crippen LogP contribution in [0.15, 0.2) is 24.3 Å². The van der Waals surface area contributed by atoms with Crippen molar-refractivity contribution in [2.45, 2.75) is 46.1 Å². The van der Waals surface area contributed by atoms with Crippen LogP contribution in [0.1, 0.15) is 50.9 Å². The van der Waals surface area contributed by atoms with Crippen molar-refractivity contribution in [3.05, 3.63) is 29.8 Å². The van der Waals surface area contributed by atoms with Gasteiger partial charge in [0.25, 0.3) is 11.8 Å². The van der Waals surface area contributed by atoms with E-state index in [2.05, 4.69) is 10.6 Å². The van der Waals surface area contributed by atoms with Crippen molar-refractivity contribution in [2.24, 2.45) is 5.92 Å². The fourth-order valence-corrected chi connectivity index (χ4v) is 3.04. The first-order chi connectivity index (χ1) is 14.0. The van der Waals surface area contributed by atoms with Crippen LogP contribution in [0.5, 0.6) is 0 Å². The number of benzene rings is 1. The highest BCUT2D eigenvalue weighted by molar-refractivity contribution is 6.08. The number of urea groups is 1. The van der Waals surface area contributed by atoms with Crippen LogP contribution in [-0.4, -0.2) is 53.2 Å². The van der Waals surface area contributed by atoms with Gasteiger partial charge < -0.3 is 15.4 Å². The minimum Gasteiger partial charge on any atom is -0.454 e. The molecule has 0 radical (unpaired) electrons. The number of esters is 1. The number of para-hydroxylation sites is 1. The van der Waals surface area contributed by atoms with Crippen molar-refractivity contribution in [2.75, 3.05) is 18.5 Å². The normalized spacial score (nSPS) is 18.4. The predicted molar refractivity (Wildman–Crippen MR) is 109 cm³/mol. The van der Waals surface area contributed by atoms with Crippen LogP contribution in [-0.2, 0) is 19.1 Å². The Balaban J connectivity index is 1.89. The summed E-state index contributed by atoms with van der Waals surface area (Å²) in [6.07, 6.45) is 1.20. The number of hydrogen-bond donors (Lipinski definition) is 2. The number of ether oxygens (including phenoxy) is 1. The lowest BCUT2D eigenvalue weighted by atomic mass is 9.92. The molecular formula is C21H27N3O6. The molecule has 0 saturated carbocycles. The highest BCUT2D eigenvalue weighted by Crippen LogP contribution is 2.24. The molecule has 0 aromatic heterocycles. The second-order valence-corrected chi connectivity index (χ2v) is 7.90. The van der Waals surface area contributed by atoms with Gasteiger partial charge in [0, 0.05) is 5.56 Å². The van der Waals surface area contributed by atoms with E-state index < -0.39 is 42.5 Å². The molecule has 2 N–H and O–H groups in total. The summed E-state index contributed by atoms with van der Waals surface area (Å²) in [7, 11) is 0. The van der Waals surface area contributed by atoms with Crippen molar-refractivity contribution < 1.29 is 28.7 Å². The monoisotopic (exact) mass is 417 g/mol. The Morgan fingerprint density at radius 1 is 1.20 bits per heavy atom. The molecule has 1 heterocycles. The van der Waals surface area contributed by atoms with Crippen molar-refractivity contribution in [3.63, 3.8) is 0 Å². The molecule has 1 aliphatic rings. The molecule has 1 atom stereocenters. The summed E-state index contributed by atoms with van der Waals surface area (Å²) >= 11 is 0. The van der Waals surface area contributed by atoms with Crippen molar-refractivity contribution in [1.29, 1.82) is 0 Å². The number of Topliss-reactive ketones (excluding diaryl/α,β-unsaturated/α-hetero) is 1. The summed E-state index contributed by atoms with van der Waals surface area (Å²) < 4.78 is 4.89. The van der Waals surface area contributed by atoms with Crippen LogP contribution < -0.4 is 10.6 Å². The standard InChI is InChI=1S/C21H27N3O6/c1-13(2)9-10-21(4)19(28)24(20(29)23-21)11-18(27)30-12-17(26)22-16-8-6-5-7-15(16)14(3)25/h5-8,13H,9-12H2,1-4H3,(H,22,26)(H,23,29)/t21-/m0/s1. The van der Waals surface area contributed by atoms with Gasteiger partial charge in [-0.2, -0.15) is 0 Å². The Labute approximate surface area is 175 Å². The van der Waals surface area contributed by atoms with Crippen LogP contribution >= 0.6 is 0 Å². The zero-order valence-corrected chi connectivity index (χ0v) is 17.6. The van der Waals surface area contributed by atoms with Crippen LogP contribution in [0.4, 0.5) is 10.5 Å². The van der Waals surface area contributed by atoms with Crippen LogP contribution in [0.3, 0.4) is 0 Å². The maximum Gasteiger partial charge on any atom is 0.326 e. The number of carbonyl (C=O) groups is 5. The minimum absolute atomic E-state index is 0.220. The summed E-state index contributed by atoms with van der Waals surface area (Å²) in [5.41, 5.74) is -0.423. The fraction of sp³-hybridized carbons (Fsp3) is 0.476. The number of ketones is 1. The molecule has 2 rings (SSSR count). The van der Waals surface area contributed by atoms with E-state index in [4.69, 9.17) is 4.74 Å². The SMILES string of the molecule is CC(=O)c1ccccc1NC(=O)COC(=O)CN1C(=O)N[C@@](C)(CCC(C)C)C1=O. The molecule has 0 bridgehead atoms. The number of nitrogens with zero attached hydrogens (tertiary/aromatic N) is 1. The molecule has 1 saturated heterocycles. The lowest BCUT2D eigenvalue weighted by Crippen LogP contribution is -2.44. The molecule has 30 heavy (non-hydrogen) atoms. The Kier molecular flexibility index (Phi) is 7.31. The van der Waals surface area contributed by atoms with E-state index in [9.17, 15) is 24.0 Å². The maximum absolute atomic E-state index is 12.6. The van der Waals surface area contributed by atoms with Gasteiger partial charge in [-0.15, -0.1) is 0 Å². The summed E-state index contributed by atoms with van der Waals surface area (Å²) in [5.74, 6) is -1.89. The lowest BCUT2D eigenvalue weighted by Gasteiger charge is -2.22. The minimum atomic E-state index is -1.06. The largest absolute Gasteiger partial charge is 0.454 e. The number of amides is 4. The number of carbonyl (C=O) groups excluding carboxylic acids is 5. The van der Waals surface area contributed by atoms with E-state index in [-0.39, 0.29) is 5.78 Å². The van der Waals surface area contributed by atoms with Gasteiger partial charge in [0.15, 0.2) is 12.4 Å². The second kappa shape index (κ2) is 9.51. The lowest BCUT2D eigenvalue weighted by molar-refractivity contribution is -0.150. The van der Waals surface area contributed by atoms with Gasteiger partial charge in [0.2, 0.25) is 0 Å². The first kappa shape index (κ1) is 23.1. The number of anilines is 1. The molecule has 162 valence electrons. The average Bonchev–Trinajstić information content (AvgIpc) is 2.88. The van der Waals surface area contributed by atoms with E-state index in [1.807, 2.05) is 13.8 Å². The predicted octanol–water partition coefficient (Wildman–Crippen LogP) is 2.12. The zero-order chi connectivity index (χ0) is 22.5. The number of nitrogens with one attached hydrogen (secondary N) is 2. The first-order valence-corrected chi connectivity index (χ1v) is 9.73. The average molecular weight is 417 g/mol. The smallest absolute Gasteiger partial charge is 0.326 e. The summed E-state index contributed by atoms with van der Waals surface area (Å²) in [6.45, 7) is 5.83. The Bertz CT molecular complexity index is 866. The Morgan fingerprint density at radius 2 is 1.87 bits per heavy atom. The third kappa shape index (κ3) is 5.65. The fourth-order valence-electron chi connectivity index (χ4n) is 3.04. The number of rotatable bonds is 9. The van der Waals surface area contributed by atoms with Gasteiger partial charge in [-0.25, -0.2) is 4.79 Å². The van der Waals surface area contributed by atoms with Crippen molar-refractivity contribution >= 4 is 35.3 Å². The number of imide groups is 1. The Hall–Kier alpha value is -3.23. The molecule has 1 fully saturated rings. The van der Waals surface area contributed by atoms with Gasteiger partial charge in [-0.05, 0) is 44.7 Å². The van der Waals surface area contributed by atoms with Gasteiger partial charge in [-0.1, -0.05) is 26.0 Å².